The van der Waals surface area contributed by atoms with Crippen molar-refractivity contribution in [3.63, 3.8) is 0 Å². The Morgan fingerprint density at radius 3 is 2.96 bits per heavy atom. The van der Waals surface area contributed by atoms with E-state index in [0.717, 1.165) is 61.7 Å². The van der Waals surface area contributed by atoms with Gasteiger partial charge < -0.3 is 19.7 Å². The number of carbonyl (C=O) groups excluding carboxylic acids is 1. The molecule has 1 fully saturated rings. The molecule has 8 heteroatoms. The van der Waals surface area contributed by atoms with Crippen LogP contribution in [0.2, 0.25) is 0 Å². The normalized spacial score (nSPS) is 20.2. The summed E-state index contributed by atoms with van der Waals surface area (Å²) in [6.07, 6.45) is 8.19. The van der Waals surface area contributed by atoms with Crippen LogP contribution >= 0.6 is 0 Å². The molecule has 1 atom stereocenters. The Bertz CT molecular complexity index is 831. The summed E-state index contributed by atoms with van der Waals surface area (Å²) in [5.74, 6) is 2.17. The number of carbonyl (C=O) groups is 1. The number of aryl methyl sites for hydroxylation is 2. The topological polar surface area (TPSA) is 79.2 Å². The van der Waals surface area contributed by atoms with Crippen molar-refractivity contribution in [3.8, 4) is 0 Å². The summed E-state index contributed by atoms with van der Waals surface area (Å²) in [6.45, 7) is 4.14. The molecule has 1 amide bonds. The van der Waals surface area contributed by atoms with Crippen LogP contribution in [0.3, 0.4) is 0 Å². The van der Waals surface area contributed by atoms with Gasteiger partial charge in [0.1, 0.15) is 12.2 Å². The molecule has 2 aliphatic heterocycles. The highest BCUT2D eigenvalue weighted by atomic mass is 16.1. The van der Waals surface area contributed by atoms with Crippen LogP contribution in [-0.4, -0.2) is 70.6 Å². The number of hydrogen-bond donors (Lipinski definition) is 1. The first-order valence-electron chi connectivity index (χ1n) is 10.5. The molecule has 2 aromatic rings. The third-order valence-electron chi connectivity index (χ3n) is 5.82. The summed E-state index contributed by atoms with van der Waals surface area (Å²) in [5.41, 5.74) is 1.84. The van der Waals surface area contributed by atoms with Crippen molar-refractivity contribution >= 4 is 22.9 Å². The van der Waals surface area contributed by atoms with Gasteiger partial charge in [-0.1, -0.05) is 6.42 Å². The van der Waals surface area contributed by atoms with Crippen LogP contribution < -0.4 is 10.2 Å². The summed E-state index contributed by atoms with van der Waals surface area (Å²) >= 11 is 0. The van der Waals surface area contributed by atoms with Crippen molar-refractivity contribution in [2.24, 2.45) is 5.92 Å². The quantitative estimate of drug-likeness (QED) is 0.839. The number of nitrogens with zero attached hydrogens (tertiary/aromatic N) is 6. The number of fused-ring (bicyclic) bond motifs is 3. The molecule has 0 unspecified atom stereocenters. The van der Waals surface area contributed by atoms with Crippen LogP contribution in [-0.2, 0) is 17.8 Å². The molecular formula is C20H31N7O. The standard InChI is InChI=1S/C20H31N7O/c1-25(2)12-9-21-20(28)15-7-6-10-26(13-15)18-17-19(23-14-22-18)27-11-5-3-4-8-16(27)24-17/h14-15H,3-13H2,1-2H3,(H,21,28)/t15-/m0/s1. The lowest BCUT2D eigenvalue weighted by molar-refractivity contribution is -0.125. The molecule has 0 aromatic carbocycles. The Kier molecular flexibility index (Phi) is 5.75. The van der Waals surface area contributed by atoms with E-state index in [1.54, 1.807) is 6.33 Å². The molecule has 0 bridgehead atoms. The van der Waals surface area contributed by atoms with Crippen LogP contribution in [0.1, 0.15) is 37.9 Å². The fraction of sp³-hybridized carbons (Fsp3) is 0.700. The molecular weight excluding hydrogens is 354 g/mol. The minimum atomic E-state index is 0.00127. The number of anilines is 1. The van der Waals surface area contributed by atoms with E-state index in [2.05, 4.69) is 29.7 Å². The predicted octanol–water partition coefficient (Wildman–Crippen LogP) is 1.45. The number of aromatic nitrogens is 4. The van der Waals surface area contributed by atoms with Crippen LogP contribution in [0.4, 0.5) is 5.82 Å². The van der Waals surface area contributed by atoms with Crippen molar-refractivity contribution in [1.82, 2.24) is 29.7 Å². The molecule has 1 saturated heterocycles. The summed E-state index contributed by atoms with van der Waals surface area (Å²) in [5, 5.41) is 3.08. The van der Waals surface area contributed by atoms with Crippen LogP contribution in [0.25, 0.3) is 11.2 Å². The second kappa shape index (κ2) is 8.43. The fourth-order valence-electron chi connectivity index (χ4n) is 4.29. The largest absolute Gasteiger partial charge is 0.355 e. The van der Waals surface area contributed by atoms with E-state index in [1.807, 2.05) is 14.1 Å². The van der Waals surface area contributed by atoms with Gasteiger partial charge in [-0.25, -0.2) is 15.0 Å². The van der Waals surface area contributed by atoms with Crippen molar-refractivity contribution in [2.45, 2.75) is 45.1 Å². The Labute approximate surface area is 166 Å². The van der Waals surface area contributed by atoms with Crippen molar-refractivity contribution in [1.29, 1.82) is 0 Å². The highest BCUT2D eigenvalue weighted by Crippen LogP contribution is 2.29. The lowest BCUT2D eigenvalue weighted by atomic mass is 9.97. The number of likely N-dealkylation sites (N-methyl/N-ethyl adjacent to an activating group) is 1. The molecule has 0 spiro atoms. The lowest BCUT2D eigenvalue weighted by Crippen LogP contribution is -2.44. The second-order valence-corrected chi connectivity index (χ2v) is 8.24. The van der Waals surface area contributed by atoms with Gasteiger partial charge in [0.2, 0.25) is 5.91 Å². The van der Waals surface area contributed by atoms with Gasteiger partial charge in [0.25, 0.3) is 0 Å². The molecule has 0 saturated carbocycles. The van der Waals surface area contributed by atoms with Crippen LogP contribution in [0.5, 0.6) is 0 Å². The zero-order chi connectivity index (χ0) is 19.5. The molecule has 152 valence electrons. The molecule has 8 nitrogen and oxygen atoms in total. The van der Waals surface area contributed by atoms with Gasteiger partial charge in [-0.05, 0) is 39.8 Å². The van der Waals surface area contributed by atoms with Gasteiger partial charge in [-0.2, -0.15) is 0 Å². The summed E-state index contributed by atoms with van der Waals surface area (Å²) in [4.78, 5) is 31.0. The van der Waals surface area contributed by atoms with E-state index >= 15 is 0 Å². The smallest absolute Gasteiger partial charge is 0.224 e. The van der Waals surface area contributed by atoms with Crippen molar-refractivity contribution < 1.29 is 4.79 Å². The van der Waals surface area contributed by atoms with Gasteiger partial charge in [0.15, 0.2) is 17.0 Å². The molecule has 2 aromatic heterocycles. The van der Waals surface area contributed by atoms with E-state index in [1.165, 1.54) is 19.3 Å². The van der Waals surface area contributed by atoms with Gasteiger partial charge >= 0.3 is 0 Å². The highest BCUT2D eigenvalue weighted by Gasteiger charge is 2.28. The van der Waals surface area contributed by atoms with E-state index < -0.39 is 0 Å². The van der Waals surface area contributed by atoms with Crippen molar-refractivity contribution in [2.75, 3.05) is 45.2 Å². The third kappa shape index (κ3) is 3.97. The van der Waals surface area contributed by atoms with Gasteiger partial charge in [-0.15, -0.1) is 0 Å². The summed E-state index contributed by atoms with van der Waals surface area (Å²) < 4.78 is 2.27. The average Bonchev–Trinajstić information content (AvgIpc) is 2.89. The molecule has 2 aliphatic rings. The first-order chi connectivity index (χ1) is 13.6. The van der Waals surface area contributed by atoms with E-state index in [-0.39, 0.29) is 11.8 Å². The second-order valence-electron chi connectivity index (χ2n) is 8.24. The van der Waals surface area contributed by atoms with E-state index in [0.29, 0.717) is 13.1 Å². The number of hydrogen-bond acceptors (Lipinski definition) is 6. The monoisotopic (exact) mass is 385 g/mol. The molecule has 28 heavy (non-hydrogen) atoms. The van der Waals surface area contributed by atoms with Gasteiger partial charge in [0.05, 0.1) is 5.92 Å². The Balaban J connectivity index is 1.52. The maximum Gasteiger partial charge on any atom is 0.224 e. The highest BCUT2D eigenvalue weighted by molar-refractivity contribution is 5.85. The van der Waals surface area contributed by atoms with Crippen LogP contribution in [0, 0.1) is 5.92 Å². The number of nitrogens with one attached hydrogen (secondary N) is 1. The number of piperidine rings is 1. The molecule has 0 radical (unpaired) electrons. The van der Waals surface area contributed by atoms with Gasteiger partial charge in [0, 0.05) is 39.1 Å². The Morgan fingerprint density at radius 1 is 1.21 bits per heavy atom. The zero-order valence-corrected chi connectivity index (χ0v) is 17.0. The number of amides is 1. The minimum absolute atomic E-state index is 0.00127. The van der Waals surface area contributed by atoms with Crippen LogP contribution in [0.15, 0.2) is 6.33 Å². The maximum absolute atomic E-state index is 12.6. The van der Waals surface area contributed by atoms with Gasteiger partial charge in [-0.3, -0.25) is 4.79 Å². The average molecular weight is 386 g/mol. The predicted molar refractivity (Wildman–Crippen MR) is 109 cm³/mol. The number of rotatable bonds is 5. The van der Waals surface area contributed by atoms with E-state index in [4.69, 9.17) is 4.98 Å². The SMILES string of the molecule is CN(C)CCNC(=O)[C@H]1CCCN(c2ncnc3c2nc2n3CCCCC2)C1. The minimum Gasteiger partial charge on any atom is -0.355 e. The Hall–Kier alpha value is -2.22. The van der Waals surface area contributed by atoms with Crippen molar-refractivity contribution in [3.05, 3.63) is 12.2 Å². The summed E-state index contributed by atoms with van der Waals surface area (Å²) in [6, 6.07) is 0. The molecule has 4 rings (SSSR count). The summed E-state index contributed by atoms with van der Waals surface area (Å²) in [7, 11) is 4.03. The molecule has 1 N–H and O–H groups in total. The third-order valence-corrected chi connectivity index (χ3v) is 5.82. The first-order valence-corrected chi connectivity index (χ1v) is 10.5. The zero-order valence-electron chi connectivity index (χ0n) is 17.0. The maximum atomic E-state index is 12.6. The molecule has 4 heterocycles. The van der Waals surface area contributed by atoms with E-state index in [9.17, 15) is 4.79 Å². The fourth-order valence-corrected chi connectivity index (χ4v) is 4.29. The Morgan fingerprint density at radius 2 is 2.11 bits per heavy atom. The number of imidazole rings is 1. The first kappa shape index (κ1) is 19.1. The molecule has 0 aliphatic carbocycles. The lowest BCUT2D eigenvalue weighted by Gasteiger charge is -2.32.